The van der Waals surface area contributed by atoms with Crippen molar-refractivity contribution in [1.29, 1.82) is 0 Å². The molecule has 0 radical (unpaired) electrons. The van der Waals surface area contributed by atoms with Gasteiger partial charge in [-0.2, -0.15) is 0 Å². The molecule has 2 aromatic carbocycles. The van der Waals surface area contributed by atoms with E-state index in [9.17, 15) is 19.2 Å². The number of rotatable bonds is 12. The largest absolute Gasteiger partial charge is 0.449 e. The fourth-order valence-corrected chi connectivity index (χ4v) is 6.72. The van der Waals surface area contributed by atoms with E-state index >= 15 is 0 Å². The van der Waals surface area contributed by atoms with Crippen molar-refractivity contribution in [3.63, 3.8) is 0 Å². The highest BCUT2D eigenvalue weighted by Crippen LogP contribution is 2.29. The average molecular weight is 702 g/mol. The van der Waals surface area contributed by atoms with Gasteiger partial charge in [0, 0.05) is 58.5 Å². The van der Waals surface area contributed by atoms with Crippen LogP contribution in [0.2, 0.25) is 10.0 Å². The molecule has 4 rings (SSSR count). The number of likely N-dealkylation sites (N-methyl/N-ethyl adjacent to an activating group) is 2. The minimum Gasteiger partial charge on any atom is -0.449 e. The molecule has 2 unspecified atom stereocenters. The Kier molecular flexibility index (Phi) is 13.9. The van der Waals surface area contributed by atoms with Gasteiger partial charge in [-0.3, -0.25) is 9.59 Å². The monoisotopic (exact) mass is 700 g/mol. The number of piperidine rings is 2. The first-order valence-corrected chi connectivity index (χ1v) is 17.4. The predicted octanol–water partition coefficient (Wildman–Crippen LogP) is 5.46. The Balaban J connectivity index is 1.50. The topological polar surface area (TPSA) is 99.7 Å². The van der Waals surface area contributed by atoms with Crippen LogP contribution in [0.3, 0.4) is 0 Å². The van der Waals surface area contributed by atoms with Crippen LogP contribution in [0.15, 0.2) is 60.7 Å². The van der Waals surface area contributed by atoms with Crippen LogP contribution in [-0.4, -0.2) is 99.1 Å². The summed E-state index contributed by atoms with van der Waals surface area (Å²) in [6.45, 7) is 7.41. The Labute approximate surface area is 293 Å². The molecule has 2 fully saturated rings. The molecule has 0 aromatic heterocycles. The molecule has 2 aliphatic rings. The number of likely N-dealkylation sites (tertiary alicyclic amines) is 2. The maximum Gasteiger partial charge on any atom is 0.331 e. The number of nitrogens with zero attached hydrogens (tertiary/aromatic N) is 4. The zero-order valence-corrected chi connectivity index (χ0v) is 29.7. The summed E-state index contributed by atoms with van der Waals surface area (Å²) in [5.74, 6) is -2.81. The van der Waals surface area contributed by atoms with Gasteiger partial charge in [-0.05, 0) is 116 Å². The summed E-state index contributed by atoms with van der Waals surface area (Å²) < 4.78 is 11.6. The lowest BCUT2D eigenvalue weighted by molar-refractivity contribution is -0.156. The van der Waals surface area contributed by atoms with E-state index in [1.165, 1.54) is 0 Å². The van der Waals surface area contributed by atoms with Gasteiger partial charge in [0.25, 0.3) is 11.8 Å². The van der Waals surface area contributed by atoms with Crippen LogP contribution in [0.5, 0.6) is 0 Å². The molecule has 260 valence electrons. The normalized spacial score (nSPS) is 17.9. The van der Waals surface area contributed by atoms with Crippen LogP contribution in [0.4, 0.5) is 11.4 Å². The molecule has 2 saturated heterocycles. The highest BCUT2D eigenvalue weighted by atomic mass is 35.5. The number of halogens is 2. The molecule has 48 heavy (non-hydrogen) atoms. The zero-order chi connectivity index (χ0) is 34.8. The molecule has 12 heteroatoms. The summed E-state index contributed by atoms with van der Waals surface area (Å²) in [5, 5.41) is 0.972. The minimum absolute atomic E-state index is 0.204. The molecule has 0 aliphatic carbocycles. The van der Waals surface area contributed by atoms with Crippen molar-refractivity contribution in [3.05, 3.63) is 70.7 Å². The van der Waals surface area contributed by atoms with E-state index in [0.717, 1.165) is 38.3 Å². The standard InChI is InChI=1S/C36H46Cl2N4O6/c1-5-41(29-11-7-9-27(37)23-29)35(45)33(25-15-19-39(3)20-16-25)47-31(43)13-14-32(44)48-34(26-17-21-40(4)22-18-26)36(46)42(6-2)30-12-8-10-28(38)24-30/h7-14,23-26,33-34H,5-6,15-22H2,1-4H3/b14-13+. The lowest BCUT2D eigenvalue weighted by atomic mass is 9.90. The second-order valence-electron chi connectivity index (χ2n) is 12.5. The minimum atomic E-state index is -1.06. The van der Waals surface area contributed by atoms with Crippen LogP contribution >= 0.6 is 23.2 Å². The third-order valence-electron chi connectivity index (χ3n) is 9.12. The van der Waals surface area contributed by atoms with Crippen LogP contribution in [-0.2, 0) is 28.7 Å². The van der Waals surface area contributed by atoms with Gasteiger partial charge in [0.2, 0.25) is 0 Å². The van der Waals surface area contributed by atoms with Crippen molar-refractivity contribution in [3.8, 4) is 0 Å². The molecule has 2 aliphatic heterocycles. The van der Waals surface area contributed by atoms with E-state index < -0.39 is 24.1 Å². The Morgan fingerprint density at radius 2 is 1.06 bits per heavy atom. The number of ether oxygens (including phenoxy) is 2. The number of anilines is 2. The average Bonchev–Trinajstić information content (AvgIpc) is 3.07. The number of benzene rings is 2. The molecular weight excluding hydrogens is 655 g/mol. The Morgan fingerprint density at radius 3 is 1.38 bits per heavy atom. The summed E-state index contributed by atoms with van der Waals surface area (Å²) in [7, 11) is 4.02. The van der Waals surface area contributed by atoms with Gasteiger partial charge in [-0.1, -0.05) is 35.3 Å². The van der Waals surface area contributed by atoms with E-state index in [1.807, 2.05) is 27.9 Å². The Hall–Kier alpha value is -3.44. The van der Waals surface area contributed by atoms with E-state index in [0.29, 0.717) is 60.2 Å². The maximum atomic E-state index is 13.9. The van der Waals surface area contributed by atoms with E-state index in [1.54, 1.807) is 58.3 Å². The molecule has 2 amide bonds. The van der Waals surface area contributed by atoms with Gasteiger partial charge in [-0.25, -0.2) is 9.59 Å². The summed E-state index contributed by atoms with van der Waals surface area (Å²) in [6, 6.07) is 13.9. The number of carbonyl (C=O) groups is 4. The lowest BCUT2D eigenvalue weighted by Crippen LogP contribution is -2.48. The van der Waals surface area contributed by atoms with Crippen molar-refractivity contribution < 1.29 is 28.7 Å². The first-order chi connectivity index (χ1) is 23.0. The zero-order valence-electron chi connectivity index (χ0n) is 28.1. The molecule has 10 nitrogen and oxygen atoms in total. The number of esters is 2. The Bertz CT molecular complexity index is 1350. The molecular formula is C36H46Cl2N4O6. The van der Waals surface area contributed by atoms with Crippen LogP contribution < -0.4 is 9.80 Å². The molecule has 2 atom stereocenters. The first kappa shape index (κ1) is 37.4. The smallest absolute Gasteiger partial charge is 0.331 e. The number of hydrogen-bond donors (Lipinski definition) is 0. The van der Waals surface area contributed by atoms with Crippen molar-refractivity contribution in [2.24, 2.45) is 11.8 Å². The predicted molar refractivity (Wildman–Crippen MR) is 188 cm³/mol. The van der Waals surface area contributed by atoms with E-state index in [2.05, 4.69) is 9.80 Å². The highest BCUT2D eigenvalue weighted by Gasteiger charge is 2.38. The van der Waals surface area contributed by atoms with Crippen molar-refractivity contribution >= 4 is 58.3 Å². The second-order valence-corrected chi connectivity index (χ2v) is 13.3. The molecule has 0 bridgehead atoms. The molecule has 2 heterocycles. The Morgan fingerprint density at radius 1 is 0.708 bits per heavy atom. The van der Waals surface area contributed by atoms with Crippen LogP contribution in [0.25, 0.3) is 0 Å². The maximum absolute atomic E-state index is 13.9. The van der Waals surface area contributed by atoms with Crippen LogP contribution in [0.1, 0.15) is 39.5 Å². The van der Waals surface area contributed by atoms with Crippen molar-refractivity contribution in [2.75, 3.05) is 63.2 Å². The summed E-state index contributed by atoms with van der Waals surface area (Å²) in [6.07, 6.45) is 2.49. The summed E-state index contributed by atoms with van der Waals surface area (Å²) >= 11 is 12.4. The third-order valence-corrected chi connectivity index (χ3v) is 9.59. The fraction of sp³-hybridized carbons (Fsp3) is 0.500. The van der Waals surface area contributed by atoms with Crippen LogP contribution in [0, 0.1) is 11.8 Å². The first-order valence-electron chi connectivity index (χ1n) is 16.6. The van der Waals surface area contributed by atoms with Gasteiger partial charge < -0.3 is 29.1 Å². The highest BCUT2D eigenvalue weighted by molar-refractivity contribution is 6.31. The third kappa shape index (κ3) is 10.0. The summed E-state index contributed by atoms with van der Waals surface area (Å²) in [4.78, 5) is 61.6. The number of hydrogen-bond acceptors (Lipinski definition) is 8. The fourth-order valence-electron chi connectivity index (χ4n) is 6.35. The number of amides is 2. The van der Waals surface area contributed by atoms with Gasteiger partial charge in [0.1, 0.15) is 0 Å². The SMILES string of the molecule is CCN(C(=O)C(OC(=O)/C=C/C(=O)OC(C(=O)N(CC)c1cccc(Cl)c1)C1CCN(C)CC1)C1CCN(C)CC1)c1cccc(Cl)c1. The van der Waals surface area contributed by atoms with Gasteiger partial charge in [0.05, 0.1) is 0 Å². The van der Waals surface area contributed by atoms with E-state index in [4.69, 9.17) is 32.7 Å². The van der Waals surface area contributed by atoms with Crippen molar-refractivity contribution in [1.82, 2.24) is 9.80 Å². The van der Waals surface area contributed by atoms with Gasteiger partial charge in [-0.15, -0.1) is 0 Å². The van der Waals surface area contributed by atoms with Crippen molar-refractivity contribution in [2.45, 2.75) is 51.7 Å². The molecule has 0 N–H and O–H groups in total. The van der Waals surface area contributed by atoms with Gasteiger partial charge >= 0.3 is 11.9 Å². The summed E-state index contributed by atoms with van der Waals surface area (Å²) in [5.41, 5.74) is 1.21. The van der Waals surface area contributed by atoms with Gasteiger partial charge in [0.15, 0.2) is 12.2 Å². The van der Waals surface area contributed by atoms with E-state index in [-0.39, 0.29) is 23.7 Å². The molecule has 0 spiro atoms. The molecule has 2 aromatic rings. The lowest BCUT2D eigenvalue weighted by Gasteiger charge is -2.35. The quantitative estimate of drug-likeness (QED) is 0.213. The second kappa shape index (κ2) is 17.8. The number of carbonyl (C=O) groups excluding carboxylic acids is 4. The molecule has 0 saturated carbocycles.